The summed E-state index contributed by atoms with van der Waals surface area (Å²) >= 11 is 7.14. The van der Waals surface area contributed by atoms with E-state index in [1.807, 2.05) is 20.8 Å². The standard InChI is InChI=1S/C11H13ClN2O3S2/c1-11(2,3)6-17-19(15,16)8-5-4-7-10(9(8)12)18-14-13-7/h4-5H,6H2,1-3H3. The second kappa shape index (κ2) is 4.97. The summed E-state index contributed by atoms with van der Waals surface area (Å²) in [7, 11) is -3.87. The van der Waals surface area contributed by atoms with Gasteiger partial charge in [0.1, 0.15) is 10.4 Å². The van der Waals surface area contributed by atoms with E-state index in [1.54, 1.807) is 6.07 Å². The normalized spacial score (nSPS) is 13.1. The van der Waals surface area contributed by atoms with Crippen molar-refractivity contribution in [1.82, 2.24) is 9.59 Å². The fraction of sp³-hybridized carbons (Fsp3) is 0.455. The van der Waals surface area contributed by atoms with E-state index in [0.717, 1.165) is 11.5 Å². The van der Waals surface area contributed by atoms with E-state index in [0.29, 0.717) is 10.2 Å². The van der Waals surface area contributed by atoms with Gasteiger partial charge in [0.2, 0.25) is 0 Å². The number of hydrogen-bond donors (Lipinski definition) is 0. The van der Waals surface area contributed by atoms with Crippen molar-refractivity contribution in [2.45, 2.75) is 25.7 Å². The SMILES string of the molecule is CC(C)(C)COS(=O)(=O)c1ccc2nnsc2c1Cl. The minimum atomic E-state index is -3.87. The third-order valence-corrected chi connectivity index (χ3v) is 4.92. The number of benzene rings is 1. The highest BCUT2D eigenvalue weighted by Gasteiger charge is 2.24. The van der Waals surface area contributed by atoms with Crippen molar-refractivity contribution < 1.29 is 12.6 Å². The molecule has 0 aliphatic heterocycles. The number of fused-ring (bicyclic) bond motifs is 1. The van der Waals surface area contributed by atoms with Gasteiger partial charge in [-0.1, -0.05) is 36.9 Å². The molecule has 0 N–H and O–H groups in total. The van der Waals surface area contributed by atoms with E-state index >= 15 is 0 Å². The molecule has 1 heterocycles. The highest BCUT2D eigenvalue weighted by molar-refractivity contribution is 7.87. The summed E-state index contributed by atoms with van der Waals surface area (Å²) in [6, 6.07) is 2.96. The van der Waals surface area contributed by atoms with Gasteiger partial charge in [0.15, 0.2) is 0 Å². The molecule has 0 bridgehead atoms. The molecule has 0 aliphatic carbocycles. The minimum Gasteiger partial charge on any atom is -0.266 e. The molecular weight excluding hydrogens is 308 g/mol. The van der Waals surface area contributed by atoms with E-state index in [9.17, 15) is 8.42 Å². The monoisotopic (exact) mass is 320 g/mol. The molecule has 0 unspecified atom stereocenters. The van der Waals surface area contributed by atoms with Crippen molar-refractivity contribution in [3.05, 3.63) is 17.2 Å². The summed E-state index contributed by atoms with van der Waals surface area (Å²) in [5, 5.41) is 3.95. The van der Waals surface area contributed by atoms with Gasteiger partial charge in [0, 0.05) is 0 Å². The third kappa shape index (κ3) is 3.22. The quantitative estimate of drug-likeness (QED) is 0.813. The molecule has 0 saturated heterocycles. The molecular formula is C11H13ClN2O3S2. The highest BCUT2D eigenvalue weighted by atomic mass is 35.5. The van der Waals surface area contributed by atoms with E-state index in [-0.39, 0.29) is 21.9 Å². The molecule has 5 nitrogen and oxygen atoms in total. The van der Waals surface area contributed by atoms with Crippen LogP contribution in [0, 0.1) is 5.41 Å². The van der Waals surface area contributed by atoms with Gasteiger partial charge < -0.3 is 0 Å². The van der Waals surface area contributed by atoms with Crippen LogP contribution in [0.3, 0.4) is 0 Å². The van der Waals surface area contributed by atoms with Crippen molar-refractivity contribution >= 4 is 43.5 Å². The van der Waals surface area contributed by atoms with Crippen LogP contribution in [0.25, 0.3) is 10.2 Å². The number of rotatable bonds is 3. The van der Waals surface area contributed by atoms with E-state index in [1.165, 1.54) is 6.07 Å². The number of hydrogen-bond acceptors (Lipinski definition) is 6. The first kappa shape index (κ1) is 14.6. The predicted octanol–water partition coefficient (Wildman–Crippen LogP) is 3.10. The van der Waals surface area contributed by atoms with Gasteiger partial charge >= 0.3 is 0 Å². The Morgan fingerprint density at radius 1 is 1.37 bits per heavy atom. The molecule has 2 aromatic rings. The van der Waals surface area contributed by atoms with Gasteiger partial charge in [-0.3, -0.25) is 4.18 Å². The lowest BCUT2D eigenvalue weighted by Gasteiger charge is -2.17. The van der Waals surface area contributed by atoms with Crippen molar-refractivity contribution in [3.8, 4) is 0 Å². The van der Waals surface area contributed by atoms with Crippen LogP contribution < -0.4 is 0 Å². The number of aromatic nitrogens is 2. The molecule has 0 amide bonds. The van der Waals surface area contributed by atoms with Gasteiger partial charge in [-0.25, -0.2) is 0 Å². The molecule has 1 aromatic heterocycles. The van der Waals surface area contributed by atoms with Gasteiger partial charge in [-0.05, 0) is 29.1 Å². The smallest absolute Gasteiger partial charge is 0.266 e. The Morgan fingerprint density at radius 3 is 2.68 bits per heavy atom. The van der Waals surface area contributed by atoms with E-state index in [2.05, 4.69) is 9.59 Å². The van der Waals surface area contributed by atoms with Gasteiger partial charge in [-0.2, -0.15) is 8.42 Å². The number of nitrogens with zero attached hydrogens (tertiary/aromatic N) is 2. The Morgan fingerprint density at radius 2 is 2.05 bits per heavy atom. The van der Waals surface area contributed by atoms with Crippen LogP contribution in [-0.2, 0) is 14.3 Å². The molecule has 0 aliphatic rings. The summed E-state index contributed by atoms with van der Waals surface area (Å²) in [6.07, 6.45) is 0. The first-order valence-electron chi connectivity index (χ1n) is 5.51. The van der Waals surface area contributed by atoms with Crippen LogP contribution in [0.4, 0.5) is 0 Å². The first-order chi connectivity index (χ1) is 8.71. The van der Waals surface area contributed by atoms with E-state index in [4.69, 9.17) is 15.8 Å². The van der Waals surface area contributed by atoms with Gasteiger partial charge in [-0.15, -0.1) is 5.10 Å². The maximum atomic E-state index is 12.1. The third-order valence-electron chi connectivity index (χ3n) is 2.24. The fourth-order valence-electron chi connectivity index (χ4n) is 1.31. The van der Waals surface area contributed by atoms with Crippen molar-refractivity contribution in [2.24, 2.45) is 5.41 Å². The Kier molecular flexibility index (Phi) is 3.83. The van der Waals surface area contributed by atoms with Crippen LogP contribution in [0.2, 0.25) is 5.02 Å². The van der Waals surface area contributed by atoms with E-state index < -0.39 is 10.1 Å². The molecule has 8 heteroatoms. The maximum Gasteiger partial charge on any atom is 0.298 e. The van der Waals surface area contributed by atoms with Crippen LogP contribution in [0.5, 0.6) is 0 Å². The topological polar surface area (TPSA) is 69.2 Å². The molecule has 19 heavy (non-hydrogen) atoms. The molecule has 0 spiro atoms. The van der Waals surface area contributed by atoms with Crippen LogP contribution in [-0.4, -0.2) is 24.6 Å². The van der Waals surface area contributed by atoms with Crippen LogP contribution in [0.1, 0.15) is 20.8 Å². The molecule has 104 valence electrons. The largest absolute Gasteiger partial charge is 0.298 e. The Labute approximate surface area is 120 Å². The van der Waals surface area contributed by atoms with Gasteiger partial charge in [0.05, 0.1) is 16.3 Å². The second-order valence-corrected chi connectivity index (χ2v) is 7.99. The molecule has 0 atom stereocenters. The number of halogens is 1. The molecule has 1 aromatic carbocycles. The van der Waals surface area contributed by atoms with Crippen molar-refractivity contribution in [2.75, 3.05) is 6.61 Å². The zero-order valence-corrected chi connectivity index (χ0v) is 13.1. The lowest BCUT2D eigenvalue weighted by molar-refractivity contribution is 0.203. The Balaban J connectivity index is 2.40. The summed E-state index contributed by atoms with van der Waals surface area (Å²) < 4.78 is 33.6. The maximum absolute atomic E-state index is 12.1. The van der Waals surface area contributed by atoms with Gasteiger partial charge in [0.25, 0.3) is 10.1 Å². The minimum absolute atomic E-state index is 0.0445. The van der Waals surface area contributed by atoms with Crippen molar-refractivity contribution in [3.63, 3.8) is 0 Å². The summed E-state index contributed by atoms with van der Waals surface area (Å²) in [5.74, 6) is 0. The van der Waals surface area contributed by atoms with Crippen molar-refractivity contribution in [1.29, 1.82) is 0 Å². The van der Waals surface area contributed by atoms with Crippen LogP contribution in [0.15, 0.2) is 17.0 Å². The molecule has 0 radical (unpaired) electrons. The van der Waals surface area contributed by atoms with Crippen LogP contribution >= 0.6 is 23.1 Å². The fourth-order valence-corrected chi connectivity index (χ4v) is 3.72. The predicted molar refractivity (Wildman–Crippen MR) is 75.0 cm³/mol. The summed E-state index contributed by atoms with van der Waals surface area (Å²) in [6.45, 7) is 5.76. The summed E-state index contributed by atoms with van der Waals surface area (Å²) in [5.41, 5.74) is 0.320. The lowest BCUT2D eigenvalue weighted by Crippen LogP contribution is -2.18. The molecule has 2 rings (SSSR count). The highest BCUT2D eigenvalue weighted by Crippen LogP contribution is 2.32. The Hall–Kier alpha value is -0.760. The Bertz CT molecular complexity index is 704. The second-order valence-electron chi connectivity index (χ2n) is 5.28. The lowest BCUT2D eigenvalue weighted by atomic mass is 9.99. The average molecular weight is 321 g/mol. The zero-order valence-electron chi connectivity index (χ0n) is 10.7. The first-order valence-corrected chi connectivity index (χ1v) is 8.07. The zero-order chi connectivity index (χ0) is 14.3. The average Bonchev–Trinajstić information content (AvgIpc) is 2.75. The molecule has 0 saturated carbocycles. The molecule has 0 fully saturated rings. The summed E-state index contributed by atoms with van der Waals surface area (Å²) in [4.78, 5) is -0.0445.